The Kier molecular flexibility index (Phi) is 3.44. The summed E-state index contributed by atoms with van der Waals surface area (Å²) in [7, 11) is 0. The van der Waals surface area contributed by atoms with Gasteiger partial charge in [0.05, 0.1) is 0 Å². The van der Waals surface area contributed by atoms with Crippen LogP contribution in [-0.2, 0) is 0 Å². The van der Waals surface area contributed by atoms with Gasteiger partial charge in [-0.15, -0.1) is 0 Å². The maximum Gasteiger partial charge on any atom is 0.179 e. The second-order valence-corrected chi connectivity index (χ2v) is 4.84. The molecular weight excluding hydrogens is 270 g/mol. The SMILES string of the molecule is Cc1cc(Cl)nc(-c2cc(-c3ccccc3)ccn2)n1. The van der Waals surface area contributed by atoms with Crippen molar-refractivity contribution in [3.05, 3.63) is 65.6 Å². The van der Waals surface area contributed by atoms with Gasteiger partial charge in [0.1, 0.15) is 10.8 Å². The second kappa shape index (κ2) is 5.39. The van der Waals surface area contributed by atoms with Crippen LogP contribution in [0.4, 0.5) is 0 Å². The van der Waals surface area contributed by atoms with Gasteiger partial charge in [0.15, 0.2) is 5.82 Å². The first-order valence-electron chi connectivity index (χ1n) is 6.25. The summed E-state index contributed by atoms with van der Waals surface area (Å²) < 4.78 is 0. The molecule has 3 nitrogen and oxygen atoms in total. The van der Waals surface area contributed by atoms with E-state index < -0.39 is 0 Å². The summed E-state index contributed by atoms with van der Waals surface area (Å²) in [5.41, 5.74) is 3.76. The standard InChI is InChI=1S/C16H12ClN3/c1-11-9-15(17)20-16(19-11)14-10-13(7-8-18-14)12-5-3-2-4-6-12/h2-10H,1H3. The van der Waals surface area contributed by atoms with Crippen molar-refractivity contribution in [3.8, 4) is 22.6 Å². The van der Waals surface area contributed by atoms with E-state index >= 15 is 0 Å². The summed E-state index contributed by atoms with van der Waals surface area (Å²) in [6.07, 6.45) is 1.76. The lowest BCUT2D eigenvalue weighted by atomic mass is 10.1. The summed E-state index contributed by atoms with van der Waals surface area (Å²) in [5, 5.41) is 0.430. The molecule has 0 saturated carbocycles. The van der Waals surface area contributed by atoms with Crippen LogP contribution in [0.15, 0.2) is 54.7 Å². The van der Waals surface area contributed by atoms with E-state index in [9.17, 15) is 0 Å². The predicted molar refractivity (Wildman–Crippen MR) is 80.4 cm³/mol. The number of rotatable bonds is 2. The number of hydrogen-bond donors (Lipinski definition) is 0. The molecule has 1 aromatic carbocycles. The highest BCUT2D eigenvalue weighted by molar-refractivity contribution is 6.29. The van der Waals surface area contributed by atoms with Gasteiger partial charge in [-0.3, -0.25) is 4.98 Å². The van der Waals surface area contributed by atoms with Crippen LogP contribution in [0.3, 0.4) is 0 Å². The lowest BCUT2D eigenvalue weighted by Gasteiger charge is -2.05. The highest BCUT2D eigenvalue weighted by Gasteiger charge is 2.07. The van der Waals surface area contributed by atoms with Crippen molar-refractivity contribution >= 4 is 11.6 Å². The van der Waals surface area contributed by atoms with E-state index in [1.54, 1.807) is 12.3 Å². The normalized spacial score (nSPS) is 10.5. The van der Waals surface area contributed by atoms with Gasteiger partial charge in [0, 0.05) is 11.9 Å². The number of aryl methyl sites for hydroxylation is 1. The van der Waals surface area contributed by atoms with Crippen molar-refractivity contribution in [2.45, 2.75) is 6.92 Å². The van der Waals surface area contributed by atoms with Gasteiger partial charge in [-0.2, -0.15) is 0 Å². The number of halogens is 1. The maximum absolute atomic E-state index is 5.98. The Morgan fingerprint density at radius 1 is 0.900 bits per heavy atom. The lowest BCUT2D eigenvalue weighted by Crippen LogP contribution is -1.94. The summed E-state index contributed by atoms with van der Waals surface area (Å²) >= 11 is 5.98. The molecule has 0 unspecified atom stereocenters. The molecule has 0 spiro atoms. The molecular formula is C16H12ClN3. The largest absolute Gasteiger partial charge is 0.253 e. The number of benzene rings is 1. The number of aromatic nitrogens is 3. The quantitative estimate of drug-likeness (QED) is 0.662. The van der Waals surface area contributed by atoms with E-state index in [4.69, 9.17) is 11.6 Å². The van der Waals surface area contributed by atoms with Crippen molar-refractivity contribution in [1.82, 2.24) is 15.0 Å². The van der Waals surface area contributed by atoms with Crippen molar-refractivity contribution < 1.29 is 0 Å². The fourth-order valence-electron chi connectivity index (χ4n) is 2.01. The summed E-state index contributed by atoms with van der Waals surface area (Å²) in [6.45, 7) is 1.89. The third-order valence-electron chi connectivity index (χ3n) is 2.92. The molecule has 0 atom stereocenters. The van der Waals surface area contributed by atoms with Crippen LogP contribution in [-0.4, -0.2) is 15.0 Å². The van der Waals surface area contributed by atoms with Crippen LogP contribution in [0.5, 0.6) is 0 Å². The minimum atomic E-state index is 0.430. The van der Waals surface area contributed by atoms with Gasteiger partial charge in [-0.1, -0.05) is 41.9 Å². The fraction of sp³-hybridized carbons (Fsp3) is 0.0625. The summed E-state index contributed by atoms with van der Waals surface area (Å²) in [4.78, 5) is 12.9. The summed E-state index contributed by atoms with van der Waals surface area (Å²) in [6, 6.07) is 15.8. The fourth-order valence-corrected chi connectivity index (χ4v) is 2.25. The van der Waals surface area contributed by atoms with E-state index in [2.05, 4.69) is 27.1 Å². The van der Waals surface area contributed by atoms with E-state index in [1.165, 1.54) is 0 Å². The highest BCUT2D eigenvalue weighted by Crippen LogP contribution is 2.23. The Balaban J connectivity index is 2.07. The molecule has 20 heavy (non-hydrogen) atoms. The second-order valence-electron chi connectivity index (χ2n) is 4.45. The Labute approximate surface area is 122 Å². The number of hydrogen-bond acceptors (Lipinski definition) is 3. The molecule has 3 rings (SSSR count). The third kappa shape index (κ3) is 2.68. The Bertz CT molecular complexity index is 721. The Morgan fingerprint density at radius 2 is 1.70 bits per heavy atom. The van der Waals surface area contributed by atoms with Crippen LogP contribution in [0.25, 0.3) is 22.6 Å². The zero-order chi connectivity index (χ0) is 13.9. The van der Waals surface area contributed by atoms with Gasteiger partial charge < -0.3 is 0 Å². The van der Waals surface area contributed by atoms with Gasteiger partial charge in [0.25, 0.3) is 0 Å². The first-order chi connectivity index (χ1) is 9.72. The lowest BCUT2D eigenvalue weighted by molar-refractivity contribution is 1.09. The molecule has 0 fully saturated rings. The van der Waals surface area contributed by atoms with Crippen LogP contribution in [0, 0.1) is 6.92 Å². The predicted octanol–water partition coefficient (Wildman–Crippen LogP) is 4.17. The molecule has 0 aliphatic heterocycles. The van der Waals surface area contributed by atoms with Crippen LogP contribution in [0.2, 0.25) is 5.15 Å². The minimum Gasteiger partial charge on any atom is -0.253 e. The number of pyridine rings is 1. The van der Waals surface area contributed by atoms with E-state index in [0.29, 0.717) is 11.0 Å². The van der Waals surface area contributed by atoms with E-state index in [0.717, 1.165) is 22.5 Å². The van der Waals surface area contributed by atoms with E-state index in [1.807, 2.05) is 37.3 Å². The van der Waals surface area contributed by atoms with Crippen molar-refractivity contribution in [1.29, 1.82) is 0 Å². The third-order valence-corrected chi connectivity index (χ3v) is 3.11. The number of nitrogens with zero attached hydrogens (tertiary/aromatic N) is 3. The molecule has 3 aromatic rings. The molecule has 0 amide bonds. The van der Waals surface area contributed by atoms with Gasteiger partial charge >= 0.3 is 0 Å². The molecule has 0 N–H and O–H groups in total. The van der Waals surface area contributed by atoms with Gasteiger partial charge in [0.2, 0.25) is 0 Å². The van der Waals surface area contributed by atoms with Crippen molar-refractivity contribution in [2.75, 3.05) is 0 Å². The smallest absolute Gasteiger partial charge is 0.179 e. The monoisotopic (exact) mass is 281 g/mol. The molecule has 0 aliphatic carbocycles. The first kappa shape index (κ1) is 12.8. The molecule has 0 aliphatic rings. The molecule has 2 aromatic heterocycles. The highest BCUT2D eigenvalue weighted by atomic mass is 35.5. The average molecular weight is 282 g/mol. The van der Waals surface area contributed by atoms with Crippen LogP contribution >= 0.6 is 11.6 Å². The van der Waals surface area contributed by atoms with Crippen molar-refractivity contribution in [3.63, 3.8) is 0 Å². The van der Waals surface area contributed by atoms with Gasteiger partial charge in [-0.05, 0) is 36.2 Å². The van der Waals surface area contributed by atoms with E-state index in [-0.39, 0.29) is 0 Å². The Morgan fingerprint density at radius 3 is 2.45 bits per heavy atom. The zero-order valence-corrected chi connectivity index (χ0v) is 11.7. The summed E-state index contributed by atoms with van der Waals surface area (Å²) in [5.74, 6) is 0.549. The molecule has 4 heteroatoms. The average Bonchev–Trinajstić information content (AvgIpc) is 2.47. The topological polar surface area (TPSA) is 38.7 Å². The molecule has 0 bridgehead atoms. The Hall–Kier alpha value is -2.26. The molecule has 0 radical (unpaired) electrons. The molecule has 98 valence electrons. The van der Waals surface area contributed by atoms with Gasteiger partial charge in [-0.25, -0.2) is 9.97 Å². The van der Waals surface area contributed by atoms with Crippen molar-refractivity contribution in [2.24, 2.45) is 0 Å². The maximum atomic E-state index is 5.98. The van der Waals surface area contributed by atoms with Crippen LogP contribution < -0.4 is 0 Å². The molecule has 0 saturated heterocycles. The molecule has 2 heterocycles. The zero-order valence-electron chi connectivity index (χ0n) is 10.9. The minimum absolute atomic E-state index is 0.430. The van der Waals surface area contributed by atoms with Crippen LogP contribution in [0.1, 0.15) is 5.69 Å². The first-order valence-corrected chi connectivity index (χ1v) is 6.63.